The summed E-state index contributed by atoms with van der Waals surface area (Å²) in [4.78, 5) is 12.0. The number of methoxy groups -OCH3 is 1. The van der Waals surface area contributed by atoms with E-state index in [0.29, 0.717) is 13.1 Å². The van der Waals surface area contributed by atoms with Crippen molar-refractivity contribution < 1.29 is 19.0 Å². The highest BCUT2D eigenvalue weighted by atomic mass is 35.5. The quantitative estimate of drug-likeness (QED) is 0.783. The van der Waals surface area contributed by atoms with E-state index in [2.05, 4.69) is 5.32 Å². The number of carbonyl (C=O) groups is 1. The fourth-order valence-electron chi connectivity index (χ4n) is 2.36. The Bertz CT molecular complexity index is 483. The molecule has 1 amide bonds. The highest BCUT2D eigenvalue weighted by Crippen LogP contribution is 2.19. The molecular weight excluding hydrogens is 320 g/mol. The molecule has 1 saturated heterocycles. The lowest BCUT2D eigenvalue weighted by atomic mass is 10.2. The lowest BCUT2D eigenvalue weighted by Crippen LogP contribution is -2.40. The molecule has 1 aliphatic rings. The standard InChI is InChI=1S/C16H24N2O4.ClH/c1-11(21-13-5-3-12(20-2)4-6-13)10-18-16(19)15-8-7-14(9-17)22-15;/h3-6,11,14-15H,7-10,17H2,1-2H3,(H,18,19);1H/t11?,14-,15+;/m1./s1. The van der Waals surface area contributed by atoms with Crippen molar-refractivity contribution in [2.45, 2.75) is 38.1 Å². The molecule has 1 aliphatic heterocycles. The largest absolute Gasteiger partial charge is 0.497 e. The molecule has 23 heavy (non-hydrogen) atoms. The van der Waals surface area contributed by atoms with Crippen molar-refractivity contribution in [3.8, 4) is 11.5 Å². The predicted octanol–water partition coefficient (Wildman–Crippen LogP) is 1.51. The fraction of sp³-hybridized carbons (Fsp3) is 0.562. The third-order valence-corrected chi connectivity index (χ3v) is 3.62. The number of carbonyl (C=O) groups excluding carboxylic acids is 1. The normalized spacial score (nSPS) is 21.2. The number of halogens is 1. The summed E-state index contributed by atoms with van der Waals surface area (Å²) in [5.74, 6) is 1.42. The molecule has 1 aromatic rings. The van der Waals surface area contributed by atoms with E-state index in [4.69, 9.17) is 19.9 Å². The van der Waals surface area contributed by atoms with Gasteiger partial charge < -0.3 is 25.3 Å². The minimum Gasteiger partial charge on any atom is -0.497 e. The first-order chi connectivity index (χ1) is 10.6. The second-order valence-electron chi connectivity index (χ2n) is 5.41. The minimum atomic E-state index is -0.387. The smallest absolute Gasteiger partial charge is 0.249 e. The average Bonchev–Trinajstić information content (AvgIpc) is 3.02. The van der Waals surface area contributed by atoms with E-state index in [1.165, 1.54) is 0 Å². The van der Waals surface area contributed by atoms with E-state index in [-0.39, 0.29) is 36.6 Å². The zero-order chi connectivity index (χ0) is 15.9. The van der Waals surface area contributed by atoms with E-state index in [1.807, 2.05) is 31.2 Å². The molecule has 1 aromatic carbocycles. The van der Waals surface area contributed by atoms with Crippen LogP contribution in [0.5, 0.6) is 11.5 Å². The van der Waals surface area contributed by atoms with Crippen molar-refractivity contribution in [3.63, 3.8) is 0 Å². The number of rotatable bonds is 7. The summed E-state index contributed by atoms with van der Waals surface area (Å²) in [6, 6.07) is 7.34. The molecular formula is C16H25ClN2O4. The molecule has 0 radical (unpaired) electrons. The zero-order valence-corrected chi connectivity index (χ0v) is 14.3. The van der Waals surface area contributed by atoms with Gasteiger partial charge in [-0.3, -0.25) is 4.79 Å². The van der Waals surface area contributed by atoms with Crippen LogP contribution in [0, 0.1) is 0 Å². The highest BCUT2D eigenvalue weighted by molar-refractivity contribution is 5.85. The van der Waals surface area contributed by atoms with Crippen molar-refractivity contribution in [1.82, 2.24) is 5.32 Å². The maximum atomic E-state index is 12.0. The summed E-state index contributed by atoms with van der Waals surface area (Å²) in [5.41, 5.74) is 5.54. The predicted molar refractivity (Wildman–Crippen MR) is 90.3 cm³/mol. The van der Waals surface area contributed by atoms with E-state index in [1.54, 1.807) is 7.11 Å². The van der Waals surface area contributed by atoms with Crippen LogP contribution in [0.2, 0.25) is 0 Å². The van der Waals surface area contributed by atoms with Crippen LogP contribution >= 0.6 is 12.4 Å². The first-order valence-corrected chi connectivity index (χ1v) is 7.56. The topological polar surface area (TPSA) is 82.8 Å². The Balaban J connectivity index is 0.00000264. The molecule has 1 fully saturated rings. The molecule has 3 atom stereocenters. The Morgan fingerprint density at radius 3 is 2.57 bits per heavy atom. The zero-order valence-electron chi connectivity index (χ0n) is 13.5. The molecule has 0 aliphatic carbocycles. The molecule has 0 spiro atoms. The summed E-state index contributed by atoms with van der Waals surface area (Å²) in [6.45, 7) is 2.79. The summed E-state index contributed by atoms with van der Waals surface area (Å²) < 4.78 is 16.4. The van der Waals surface area contributed by atoms with Crippen molar-refractivity contribution in [3.05, 3.63) is 24.3 Å². The van der Waals surface area contributed by atoms with E-state index in [9.17, 15) is 4.79 Å². The van der Waals surface area contributed by atoms with Gasteiger partial charge >= 0.3 is 0 Å². The number of hydrogen-bond acceptors (Lipinski definition) is 5. The van der Waals surface area contributed by atoms with Gasteiger partial charge in [-0.25, -0.2) is 0 Å². The number of nitrogens with one attached hydrogen (secondary N) is 1. The third kappa shape index (κ3) is 5.89. The van der Waals surface area contributed by atoms with Gasteiger partial charge in [-0.05, 0) is 44.0 Å². The molecule has 0 saturated carbocycles. The van der Waals surface area contributed by atoms with Gasteiger partial charge in [-0.2, -0.15) is 0 Å². The van der Waals surface area contributed by atoms with Gasteiger partial charge in [0.05, 0.1) is 19.8 Å². The monoisotopic (exact) mass is 344 g/mol. The van der Waals surface area contributed by atoms with E-state index >= 15 is 0 Å². The minimum absolute atomic E-state index is 0. The third-order valence-electron chi connectivity index (χ3n) is 3.62. The lowest BCUT2D eigenvalue weighted by Gasteiger charge is -2.17. The molecule has 7 heteroatoms. The maximum Gasteiger partial charge on any atom is 0.249 e. The lowest BCUT2D eigenvalue weighted by molar-refractivity contribution is -0.132. The average molecular weight is 345 g/mol. The van der Waals surface area contributed by atoms with Crippen LogP contribution in [0.1, 0.15) is 19.8 Å². The van der Waals surface area contributed by atoms with Crippen molar-refractivity contribution in [1.29, 1.82) is 0 Å². The first-order valence-electron chi connectivity index (χ1n) is 7.56. The summed E-state index contributed by atoms with van der Waals surface area (Å²) >= 11 is 0. The molecule has 1 unspecified atom stereocenters. The van der Waals surface area contributed by atoms with Crippen molar-refractivity contribution in [2.75, 3.05) is 20.2 Å². The van der Waals surface area contributed by atoms with Crippen LogP contribution in [-0.2, 0) is 9.53 Å². The Labute approximate surface area is 143 Å². The van der Waals surface area contributed by atoms with Crippen LogP contribution in [0.25, 0.3) is 0 Å². The highest BCUT2D eigenvalue weighted by Gasteiger charge is 2.29. The van der Waals surface area contributed by atoms with Gasteiger partial charge in [0.15, 0.2) is 0 Å². The Hall–Kier alpha value is -1.50. The van der Waals surface area contributed by atoms with Gasteiger partial charge in [0.2, 0.25) is 5.91 Å². The van der Waals surface area contributed by atoms with Crippen LogP contribution in [0.3, 0.4) is 0 Å². The molecule has 6 nitrogen and oxygen atoms in total. The maximum absolute atomic E-state index is 12.0. The second kappa shape index (κ2) is 9.60. The second-order valence-corrected chi connectivity index (χ2v) is 5.41. The Morgan fingerprint density at radius 2 is 2.00 bits per heavy atom. The number of nitrogens with two attached hydrogens (primary N) is 1. The van der Waals surface area contributed by atoms with Crippen LogP contribution in [0.4, 0.5) is 0 Å². The van der Waals surface area contributed by atoms with E-state index < -0.39 is 0 Å². The fourth-order valence-corrected chi connectivity index (χ4v) is 2.36. The van der Waals surface area contributed by atoms with Crippen LogP contribution < -0.4 is 20.5 Å². The van der Waals surface area contributed by atoms with Crippen LogP contribution in [-0.4, -0.2) is 44.4 Å². The first kappa shape index (κ1) is 19.5. The molecule has 130 valence electrons. The summed E-state index contributed by atoms with van der Waals surface area (Å²) in [7, 11) is 1.62. The van der Waals surface area contributed by atoms with Crippen molar-refractivity contribution >= 4 is 18.3 Å². The summed E-state index contributed by atoms with van der Waals surface area (Å²) in [6.07, 6.45) is 1.04. The number of amides is 1. The Morgan fingerprint density at radius 1 is 1.35 bits per heavy atom. The number of hydrogen-bond donors (Lipinski definition) is 2. The molecule has 0 bridgehead atoms. The van der Waals surface area contributed by atoms with Gasteiger partial charge in [0.1, 0.15) is 23.7 Å². The number of benzene rings is 1. The molecule has 1 heterocycles. The Kier molecular flexibility index (Phi) is 8.16. The molecule has 0 aromatic heterocycles. The molecule has 2 rings (SSSR count). The van der Waals surface area contributed by atoms with E-state index in [0.717, 1.165) is 24.3 Å². The van der Waals surface area contributed by atoms with Gasteiger partial charge in [-0.1, -0.05) is 0 Å². The SMILES string of the molecule is COc1ccc(OC(C)CNC(=O)[C@@H]2CC[C@H](CN)O2)cc1.Cl. The number of ether oxygens (including phenoxy) is 3. The summed E-state index contributed by atoms with van der Waals surface area (Å²) in [5, 5.41) is 2.86. The van der Waals surface area contributed by atoms with Crippen molar-refractivity contribution in [2.24, 2.45) is 5.73 Å². The van der Waals surface area contributed by atoms with Gasteiger partial charge in [0, 0.05) is 6.54 Å². The van der Waals surface area contributed by atoms with Gasteiger partial charge in [0.25, 0.3) is 0 Å². The van der Waals surface area contributed by atoms with Gasteiger partial charge in [-0.15, -0.1) is 12.4 Å². The van der Waals surface area contributed by atoms with Crippen LogP contribution in [0.15, 0.2) is 24.3 Å². The molecule has 3 N–H and O–H groups in total.